The molecule has 0 saturated carbocycles. The maximum absolute atomic E-state index is 8.55. The van der Waals surface area contributed by atoms with E-state index in [1.165, 1.54) is 12.3 Å². The highest BCUT2D eigenvalue weighted by molar-refractivity contribution is 5.07. The summed E-state index contributed by atoms with van der Waals surface area (Å²) in [7, 11) is 0. The van der Waals surface area contributed by atoms with Crippen molar-refractivity contribution in [3.63, 3.8) is 0 Å². The molecule has 0 bridgehead atoms. The molecule has 0 aromatic rings. The Hall–Kier alpha value is -0.920. The average molecular weight is 99.1 g/mol. The fourth-order valence-corrected chi connectivity index (χ4v) is 0.195. The molecule has 0 aliphatic heterocycles. The summed E-state index contributed by atoms with van der Waals surface area (Å²) in [4.78, 5) is 0. The highest BCUT2D eigenvalue weighted by Gasteiger charge is 1.73. The summed E-state index contributed by atoms with van der Waals surface area (Å²) in [5.41, 5.74) is 4.92. The maximum atomic E-state index is 8.55. The first-order valence-corrected chi connectivity index (χ1v) is 2.04. The van der Waals surface area contributed by atoms with Crippen molar-refractivity contribution < 1.29 is 5.11 Å². The molecule has 0 aromatic carbocycles. The minimum absolute atomic E-state index is 0.197. The standard InChI is InChI=1S/C5H9NO/c1-2-5(7)3-4-6/h2-4,7H,6H2,1H3/b4-3?,5-2+. The van der Waals surface area contributed by atoms with Gasteiger partial charge in [-0.1, -0.05) is 0 Å². The van der Waals surface area contributed by atoms with E-state index in [1.54, 1.807) is 13.0 Å². The van der Waals surface area contributed by atoms with Gasteiger partial charge in [0.2, 0.25) is 0 Å². The number of aliphatic hydroxyl groups is 1. The Morgan fingerprint density at radius 1 is 1.71 bits per heavy atom. The minimum atomic E-state index is 0.197. The van der Waals surface area contributed by atoms with Crippen LogP contribution in [0.25, 0.3) is 0 Å². The summed E-state index contributed by atoms with van der Waals surface area (Å²) in [6.07, 6.45) is 4.26. The summed E-state index contributed by atoms with van der Waals surface area (Å²) in [5.74, 6) is 0.197. The zero-order valence-corrected chi connectivity index (χ0v) is 4.26. The van der Waals surface area contributed by atoms with E-state index in [1.807, 2.05) is 0 Å². The minimum Gasteiger partial charge on any atom is -0.508 e. The van der Waals surface area contributed by atoms with E-state index >= 15 is 0 Å². The van der Waals surface area contributed by atoms with Crippen LogP contribution in [0, 0.1) is 0 Å². The zero-order valence-electron chi connectivity index (χ0n) is 4.26. The number of allylic oxidation sites excluding steroid dienone is 2. The second-order valence-electron chi connectivity index (χ2n) is 1.07. The van der Waals surface area contributed by atoms with E-state index in [4.69, 9.17) is 10.8 Å². The highest BCUT2D eigenvalue weighted by atomic mass is 16.3. The third-order valence-corrected chi connectivity index (χ3v) is 0.563. The zero-order chi connectivity index (χ0) is 5.70. The molecule has 0 heterocycles. The fourth-order valence-electron chi connectivity index (χ4n) is 0.195. The van der Waals surface area contributed by atoms with E-state index in [9.17, 15) is 0 Å². The Kier molecular flexibility index (Phi) is 2.85. The van der Waals surface area contributed by atoms with E-state index < -0.39 is 0 Å². The first kappa shape index (κ1) is 6.08. The van der Waals surface area contributed by atoms with E-state index in [-0.39, 0.29) is 5.76 Å². The molecule has 7 heavy (non-hydrogen) atoms. The first-order chi connectivity index (χ1) is 3.31. The van der Waals surface area contributed by atoms with E-state index in [2.05, 4.69) is 0 Å². The van der Waals surface area contributed by atoms with Crippen molar-refractivity contribution in [1.29, 1.82) is 0 Å². The third-order valence-electron chi connectivity index (χ3n) is 0.563. The number of nitrogens with two attached hydrogens (primary N) is 1. The van der Waals surface area contributed by atoms with Crippen LogP contribution in [0.4, 0.5) is 0 Å². The van der Waals surface area contributed by atoms with Gasteiger partial charge in [0.25, 0.3) is 0 Å². The molecular weight excluding hydrogens is 90.1 g/mol. The first-order valence-electron chi connectivity index (χ1n) is 2.04. The van der Waals surface area contributed by atoms with Crippen LogP contribution in [-0.2, 0) is 0 Å². The van der Waals surface area contributed by atoms with Crippen LogP contribution in [0.1, 0.15) is 6.92 Å². The van der Waals surface area contributed by atoms with Crippen molar-refractivity contribution >= 4 is 0 Å². The Morgan fingerprint density at radius 2 is 2.29 bits per heavy atom. The number of aliphatic hydroxyl groups excluding tert-OH is 1. The largest absolute Gasteiger partial charge is 0.508 e. The molecule has 3 N–H and O–H groups in total. The second-order valence-corrected chi connectivity index (χ2v) is 1.07. The lowest BCUT2D eigenvalue weighted by Gasteiger charge is -1.81. The molecule has 0 amide bonds. The van der Waals surface area contributed by atoms with Gasteiger partial charge in [-0.3, -0.25) is 0 Å². The maximum Gasteiger partial charge on any atom is 0.112 e. The van der Waals surface area contributed by atoms with E-state index in [0.717, 1.165) is 0 Å². The molecule has 2 heteroatoms. The topological polar surface area (TPSA) is 46.2 Å². The second kappa shape index (κ2) is 3.28. The van der Waals surface area contributed by atoms with Gasteiger partial charge in [-0.15, -0.1) is 0 Å². The quantitative estimate of drug-likeness (QED) is 0.379. The van der Waals surface area contributed by atoms with Gasteiger partial charge in [0, 0.05) is 0 Å². The summed E-state index contributed by atoms with van der Waals surface area (Å²) in [6.45, 7) is 1.73. The number of hydrogen-bond donors (Lipinski definition) is 2. The van der Waals surface area contributed by atoms with Crippen LogP contribution in [-0.4, -0.2) is 5.11 Å². The van der Waals surface area contributed by atoms with Crippen LogP contribution >= 0.6 is 0 Å². The van der Waals surface area contributed by atoms with Crippen molar-refractivity contribution in [2.24, 2.45) is 5.73 Å². The van der Waals surface area contributed by atoms with Crippen molar-refractivity contribution in [2.45, 2.75) is 6.92 Å². The van der Waals surface area contributed by atoms with Crippen LogP contribution in [0.2, 0.25) is 0 Å². The molecule has 0 atom stereocenters. The van der Waals surface area contributed by atoms with Gasteiger partial charge in [0.1, 0.15) is 5.76 Å². The third kappa shape index (κ3) is 2.89. The molecule has 0 unspecified atom stereocenters. The predicted molar refractivity (Wildman–Crippen MR) is 29.7 cm³/mol. The van der Waals surface area contributed by atoms with Gasteiger partial charge in [-0.2, -0.15) is 0 Å². The average Bonchev–Trinajstić information content (AvgIpc) is 1.68. The monoisotopic (exact) mass is 99.1 g/mol. The van der Waals surface area contributed by atoms with Crippen LogP contribution in [0.15, 0.2) is 24.1 Å². The summed E-state index contributed by atoms with van der Waals surface area (Å²) < 4.78 is 0. The lowest BCUT2D eigenvalue weighted by Crippen LogP contribution is -1.77. The molecule has 0 spiro atoms. The van der Waals surface area contributed by atoms with Gasteiger partial charge in [0.15, 0.2) is 0 Å². The van der Waals surface area contributed by atoms with Crippen LogP contribution < -0.4 is 5.73 Å². The molecule has 0 aliphatic rings. The summed E-state index contributed by atoms with van der Waals surface area (Å²) >= 11 is 0. The Balaban J connectivity index is 3.58. The molecule has 0 rings (SSSR count). The van der Waals surface area contributed by atoms with Crippen LogP contribution in [0.3, 0.4) is 0 Å². The van der Waals surface area contributed by atoms with Gasteiger partial charge in [-0.25, -0.2) is 0 Å². The molecule has 0 saturated heterocycles. The molecule has 0 radical (unpaired) electrons. The molecule has 0 aromatic heterocycles. The smallest absolute Gasteiger partial charge is 0.112 e. The summed E-state index contributed by atoms with van der Waals surface area (Å²) in [6, 6.07) is 0. The molecule has 40 valence electrons. The Bertz CT molecular complexity index is 94.3. The fraction of sp³-hybridized carbons (Fsp3) is 0.200. The Morgan fingerprint density at radius 3 is 2.43 bits per heavy atom. The lowest BCUT2D eigenvalue weighted by atomic mass is 10.4. The molecule has 0 aliphatic carbocycles. The highest BCUT2D eigenvalue weighted by Crippen LogP contribution is 1.84. The predicted octanol–water partition coefficient (Wildman–Crippen LogP) is 0.921. The van der Waals surface area contributed by atoms with Crippen molar-refractivity contribution in [3.05, 3.63) is 24.1 Å². The van der Waals surface area contributed by atoms with Gasteiger partial charge >= 0.3 is 0 Å². The SMILES string of the molecule is C/C=C(/O)C=CN. The van der Waals surface area contributed by atoms with Gasteiger partial charge in [0.05, 0.1) is 0 Å². The van der Waals surface area contributed by atoms with Gasteiger partial charge < -0.3 is 10.8 Å². The van der Waals surface area contributed by atoms with E-state index in [0.29, 0.717) is 0 Å². The molecular formula is C5H9NO. The summed E-state index contributed by atoms with van der Waals surface area (Å²) in [5, 5.41) is 8.55. The Labute approximate surface area is 43.0 Å². The van der Waals surface area contributed by atoms with Crippen LogP contribution in [0.5, 0.6) is 0 Å². The van der Waals surface area contributed by atoms with Crippen molar-refractivity contribution in [1.82, 2.24) is 0 Å². The normalized spacial score (nSPS) is 13.0. The van der Waals surface area contributed by atoms with Crippen molar-refractivity contribution in [3.8, 4) is 0 Å². The molecule has 2 nitrogen and oxygen atoms in total. The van der Waals surface area contributed by atoms with Gasteiger partial charge in [-0.05, 0) is 25.3 Å². The number of rotatable bonds is 1. The number of hydrogen-bond acceptors (Lipinski definition) is 2. The van der Waals surface area contributed by atoms with Crippen molar-refractivity contribution in [2.75, 3.05) is 0 Å². The lowest BCUT2D eigenvalue weighted by molar-refractivity contribution is 0.431. The molecule has 0 fully saturated rings.